The number of nitrogens with two attached hydrogens (primary N) is 2. The standard InChI is InChI=1S/C23H32FN7O2/c1-13(2)9-16(12-25)28-23-19(24)11-18(21(26)32)22(29-23)27-15-5-6-20-17(10-15)14(3)30-31(20)7-8-33-4/h5-6,10-11,13,16H,7-9,12,25H2,1-4H3,(H2,26,32)(H2,27,28,29)/t16-/m1/s1. The number of aromatic nitrogens is 3. The minimum atomic E-state index is -0.780. The fourth-order valence-corrected chi connectivity index (χ4v) is 3.75. The van der Waals surface area contributed by atoms with Crippen molar-refractivity contribution in [2.45, 2.75) is 39.8 Å². The SMILES string of the molecule is COCCn1nc(C)c2cc(Nc3nc(N[C@@H](CN)CC(C)C)c(F)cc3C(N)=O)ccc21. The number of nitrogens with one attached hydrogen (secondary N) is 2. The van der Waals surface area contributed by atoms with E-state index < -0.39 is 11.7 Å². The zero-order valence-electron chi connectivity index (χ0n) is 19.5. The van der Waals surface area contributed by atoms with Gasteiger partial charge in [0.2, 0.25) is 0 Å². The van der Waals surface area contributed by atoms with Crippen molar-refractivity contribution in [3.63, 3.8) is 0 Å². The molecule has 33 heavy (non-hydrogen) atoms. The maximum absolute atomic E-state index is 14.7. The Labute approximate surface area is 192 Å². The van der Waals surface area contributed by atoms with Crippen molar-refractivity contribution in [2.75, 3.05) is 30.9 Å². The van der Waals surface area contributed by atoms with Crippen molar-refractivity contribution in [3.05, 3.63) is 41.3 Å². The number of halogens is 1. The van der Waals surface area contributed by atoms with Crippen LogP contribution in [-0.2, 0) is 11.3 Å². The van der Waals surface area contributed by atoms with Gasteiger partial charge in [-0.05, 0) is 43.5 Å². The molecule has 0 aliphatic rings. The summed E-state index contributed by atoms with van der Waals surface area (Å²) in [5, 5.41) is 11.7. The molecule has 2 aromatic heterocycles. The van der Waals surface area contributed by atoms with Gasteiger partial charge in [0.1, 0.15) is 5.82 Å². The Morgan fingerprint density at radius 2 is 2.03 bits per heavy atom. The van der Waals surface area contributed by atoms with E-state index in [0.717, 1.165) is 29.1 Å². The van der Waals surface area contributed by atoms with E-state index in [-0.39, 0.29) is 23.2 Å². The van der Waals surface area contributed by atoms with E-state index in [1.165, 1.54) is 0 Å². The topological polar surface area (TPSA) is 133 Å². The van der Waals surface area contributed by atoms with Crippen molar-refractivity contribution >= 4 is 34.1 Å². The van der Waals surface area contributed by atoms with E-state index in [9.17, 15) is 9.18 Å². The Balaban J connectivity index is 1.95. The predicted molar refractivity (Wildman–Crippen MR) is 128 cm³/mol. The van der Waals surface area contributed by atoms with Gasteiger partial charge in [0.05, 0.1) is 29.9 Å². The smallest absolute Gasteiger partial charge is 0.252 e. The van der Waals surface area contributed by atoms with Crippen LogP contribution in [0, 0.1) is 18.7 Å². The van der Waals surface area contributed by atoms with E-state index >= 15 is 0 Å². The summed E-state index contributed by atoms with van der Waals surface area (Å²) in [6, 6.07) is 6.61. The molecule has 0 aliphatic carbocycles. The summed E-state index contributed by atoms with van der Waals surface area (Å²) >= 11 is 0. The van der Waals surface area contributed by atoms with Gasteiger partial charge >= 0.3 is 0 Å². The first-order chi connectivity index (χ1) is 15.7. The highest BCUT2D eigenvalue weighted by Crippen LogP contribution is 2.28. The van der Waals surface area contributed by atoms with Gasteiger partial charge in [0.25, 0.3) is 5.91 Å². The number of primary amides is 1. The first-order valence-electron chi connectivity index (χ1n) is 10.9. The Hall–Kier alpha value is -3.24. The molecule has 0 unspecified atom stereocenters. The molecule has 0 fully saturated rings. The van der Waals surface area contributed by atoms with Gasteiger partial charge < -0.3 is 26.8 Å². The second-order valence-corrected chi connectivity index (χ2v) is 8.44. The van der Waals surface area contributed by atoms with E-state index in [4.69, 9.17) is 16.2 Å². The highest BCUT2D eigenvalue weighted by atomic mass is 19.1. The van der Waals surface area contributed by atoms with Crippen LogP contribution in [0.1, 0.15) is 36.3 Å². The third-order valence-corrected chi connectivity index (χ3v) is 5.33. The van der Waals surface area contributed by atoms with Crippen molar-refractivity contribution in [2.24, 2.45) is 17.4 Å². The van der Waals surface area contributed by atoms with Crippen molar-refractivity contribution in [3.8, 4) is 0 Å². The van der Waals surface area contributed by atoms with Crippen LogP contribution in [0.4, 0.5) is 21.7 Å². The molecule has 178 valence electrons. The molecule has 3 aromatic rings. The number of carbonyl (C=O) groups is 1. The van der Waals surface area contributed by atoms with Crippen molar-refractivity contribution < 1.29 is 13.9 Å². The number of nitrogens with zero attached hydrogens (tertiary/aromatic N) is 3. The number of fused-ring (bicyclic) bond motifs is 1. The second kappa shape index (κ2) is 10.6. The molecule has 2 heterocycles. The van der Waals surface area contributed by atoms with Crippen LogP contribution < -0.4 is 22.1 Å². The quantitative estimate of drug-likeness (QED) is 0.348. The number of methoxy groups -OCH3 is 1. The van der Waals surface area contributed by atoms with Gasteiger partial charge in [0, 0.05) is 30.8 Å². The molecule has 0 bridgehead atoms. The summed E-state index contributed by atoms with van der Waals surface area (Å²) in [5.41, 5.74) is 13.8. The largest absolute Gasteiger partial charge is 0.383 e. The molecule has 0 aliphatic heterocycles. The first kappa shape index (κ1) is 24.4. The Bertz CT molecular complexity index is 1130. The summed E-state index contributed by atoms with van der Waals surface area (Å²) in [5.74, 6) is -0.893. The molecule has 6 N–H and O–H groups in total. The van der Waals surface area contributed by atoms with E-state index in [1.54, 1.807) is 7.11 Å². The molecule has 0 saturated carbocycles. The monoisotopic (exact) mass is 457 g/mol. The highest BCUT2D eigenvalue weighted by Gasteiger charge is 2.19. The number of rotatable bonds is 11. The van der Waals surface area contributed by atoms with Crippen molar-refractivity contribution in [1.82, 2.24) is 14.8 Å². The third-order valence-electron chi connectivity index (χ3n) is 5.33. The van der Waals surface area contributed by atoms with E-state index in [1.807, 2.05) is 29.8 Å². The maximum Gasteiger partial charge on any atom is 0.252 e. The van der Waals surface area contributed by atoms with Gasteiger partial charge in [-0.15, -0.1) is 0 Å². The first-order valence-corrected chi connectivity index (χ1v) is 10.9. The third kappa shape index (κ3) is 5.77. The lowest BCUT2D eigenvalue weighted by Crippen LogP contribution is -2.31. The average molecular weight is 458 g/mol. The van der Waals surface area contributed by atoms with Crippen LogP contribution >= 0.6 is 0 Å². The fourth-order valence-electron chi connectivity index (χ4n) is 3.75. The number of benzene rings is 1. The molecule has 1 amide bonds. The normalized spacial score (nSPS) is 12.3. The molecule has 1 atom stereocenters. The van der Waals surface area contributed by atoms with Gasteiger partial charge in [-0.2, -0.15) is 5.10 Å². The number of ether oxygens (including phenoxy) is 1. The predicted octanol–water partition coefficient (Wildman–Crippen LogP) is 3.15. The fraction of sp³-hybridized carbons (Fsp3) is 0.435. The van der Waals surface area contributed by atoms with Crippen LogP contribution in [-0.4, -0.2) is 47.0 Å². The second-order valence-electron chi connectivity index (χ2n) is 8.44. The summed E-state index contributed by atoms with van der Waals surface area (Å²) < 4.78 is 21.7. The van der Waals surface area contributed by atoms with Crippen LogP contribution in [0.2, 0.25) is 0 Å². The molecule has 0 saturated heterocycles. The molecule has 0 radical (unpaired) electrons. The van der Waals surface area contributed by atoms with Gasteiger partial charge in [-0.1, -0.05) is 13.8 Å². The van der Waals surface area contributed by atoms with Crippen molar-refractivity contribution in [1.29, 1.82) is 0 Å². The minimum absolute atomic E-state index is 0.0169. The number of amides is 1. The lowest BCUT2D eigenvalue weighted by Gasteiger charge is -2.21. The Morgan fingerprint density at radius 1 is 1.27 bits per heavy atom. The van der Waals surface area contributed by atoms with Crippen LogP contribution in [0.15, 0.2) is 24.3 Å². The zero-order chi connectivity index (χ0) is 24.1. The lowest BCUT2D eigenvalue weighted by molar-refractivity contribution is 0.100. The van der Waals surface area contributed by atoms with Gasteiger partial charge in [-0.3, -0.25) is 9.48 Å². The maximum atomic E-state index is 14.7. The number of hydrogen-bond acceptors (Lipinski definition) is 7. The van der Waals surface area contributed by atoms with Crippen LogP contribution in [0.25, 0.3) is 10.9 Å². The minimum Gasteiger partial charge on any atom is -0.383 e. The number of pyridine rings is 1. The van der Waals surface area contributed by atoms with E-state index in [0.29, 0.717) is 31.3 Å². The van der Waals surface area contributed by atoms with Crippen LogP contribution in [0.3, 0.4) is 0 Å². The molecule has 3 rings (SSSR count). The average Bonchev–Trinajstić information content (AvgIpc) is 3.08. The molecule has 9 nitrogen and oxygen atoms in total. The van der Waals surface area contributed by atoms with Crippen LogP contribution in [0.5, 0.6) is 0 Å². The molecule has 10 heteroatoms. The lowest BCUT2D eigenvalue weighted by atomic mass is 10.0. The molecular weight excluding hydrogens is 425 g/mol. The number of anilines is 3. The number of hydrogen-bond donors (Lipinski definition) is 4. The highest BCUT2D eigenvalue weighted by molar-refractivity contribution is 5.99. The Morgan fingerprint density at radius 3 is 2.67 bits per heavy atom. The summed E-state index contributed by atoms with van der Waals surface area (Å²) in [4.78, 5) is 16.3. The molecule has 0 spiro atoms. The van der Waals surface area contributed by atoms with Gasteiger partial charge in [0.15, 0.2) is 11.6 Å². The summed E-state index contributed by atoms with van der Waals surface area (Å²) in [7, 11) is 1.65. The summed E-state index contributed by atoms with van der Waals surface area (Å²) in [6.45, 7) is 7.55. The van der Waals surface area contributed by atoms with E-state index in [2.05, 4.69) is 34.6 Å². The zero-order valence-corrected chi connectivity index (χ0v) is 19.5. The number of carbonyl (C=O) groups excluding carboxylic acids is 1. The molecule has 1 aromatic carbocycles. The molecular formula is C23H32FN7O2. The number of aryl methyl sites for hydroxylation is 1. The summed E-state index contributed by atoms with van der Waals surface area (Å²) in [6.07, 6.45) is 0.751. The Kier molecular flexibility index (Phi) is 7.83. The van der Waals surface area contributed by atoms with Gasteiger partial charge in [-0.25, -0.2) is 9.37 Å².